The molecule has 2 aliphatic heterocycles. The zero-order valence-electron chi connectivity index (χ0n) is 15.1. The summed E-state index contributed by atoms with van der Waals surface area (Å²) in [6.07, 6.45) is 1.11. The third-order valence-electron chi connectivity index (χ3n) is 4.90. The molecule has 138 valence electrons. The fourth-order valence-electron chi connectivity index (χ4n) is 3.45. The van der Waals surface area contributed by atoms with Gasteiger partial charge >= 0.3 is 0 Å². The summed E-state index contributed by atoms with van der Waals surface area (Å²) in [6.45, 7) is 6.96. The van der Waals surface area contributed by atoms with E-state index in [0.717, 1.165) is 26.1 Å². The number of rotatable bonds is 6. The minimum absolute atomic E-state index is 0.136. The van der Waals surface area contributed by atoms with Crippen molar-refractivity contribution in [3.8, 4) is 0 Å². The van der Waals surface area contributed by atoms with Crippen LogP contribution in [0.1, 0.15) is 17.5 Å². The van der Waals surface area contributed by atoms with Gasteiger partial charge in [0.25, 0.3) is 5.70 Å². The highest BCUT2D eigenvalue weighted by Crippen LogP contribution is 2.29. The maximum atomic E-state index is 14.1. The van der Waals surface area contributed by atoms with Crippen molar-refractivity contribution < 1.29 is 13.8 Å². The fraction of sp³-hybridized carbons (Fsp3) is 0.286. The number of hydrogen-bond donors (Lipinski definition) is 0. The van der Waals surface area contributed by atoms with Crippen molar-refractivity contribution in [2.24, 2.45) is 10.3 Å². The lowest BCUT2D eigenvalue weighted by molar-refractivity contribution is -0.479. The van der Waals surface area contributed by atoms with Gasteiger partial charge in [-0.05, 0) is 24.1 Å². The molecular weight excluding hydrogens is 343 g/mol. The smallest absolute Gasteiger partial charge is 0.260 e. The Bertz CT molecular complexity index is 894. The van der Waals surface area contributed by atoms with E-state index in [9.17, 15) is 4.39 Å². The molecule has 2 aromatic carbocycles. The van der Waals surface area contributed by atoms with Crippen molar-refractivity contribution in [3.05, 3.63) is 77.2 Å². The highest BCUT2D eigenvalue weighted by Gasteiger charge is 2.31. The molecule has 5 nitrogen and oxygen atoms in total. The van der Waals surface area contributed by atoms with Crippen molar-refractivity contribution in [1.29, 1.82) is 0 Å². The van der Waals surface area contributed by atoms with Gasteiger partial charge in [0.1, 0.15) is 17.6 Å². The Morgan fingerprint density at radius 1 is 1.15 bits per heavy atom. The summed E-state index contributed by atoms with van der Waals surface area (Å²) < 4.78 is 21.6. The van der Waals surface area contributed by atoms with E-state index < -0.39 is 0 Å². The molecule has 2 aromatic rings. The van der Waals surface area contributed by atoms with Crippen molar-refractivity contribution >= 4 is 12.4 Å². The fourth-order valence-corrected chi connectivity index (χ4v) is 3.45. The van der Waals surface area contributed by atoms with Gasteiger partial charge in [0.2, 0.25) is 5.70 Å². The number of benzene rings is 2. The Labute approximate surface area is 158 Å². The van der Waals surface area contributed by atoms with Gasteiger partial charge in [0, 0.05) is 19.6 Å². The van der Waals surface area contributed by atoms with Gasteiger partial charge in [-0.2, -0.15) is 0 Å². The number of ether oxygens (including phenoxy) is 1. The van der Waals surface area contributed by atoms with Crippen LogP contribution in [0, 0.1) is 5.82 Å². The lowest BCUT2D eigenvalue weighted by Crippen LogP contribution is -2.24. The summed E-state index contributed by atoms with van der Waals surface area (Å²) in [5.74, 6) is -0.325. The van der Waals surface area contributed by atoms with E-state index in [1.165, 1.54) is 16.3 Å². The molecule has 6 heteroatoms. The lowest BCUT2D eigenvalue weighted by atomic mass is 10.1. The molecule has 0 amide bonds. The van der Waals surface area contributed by atoms with Crippen LogP contribution in [0.5, 0.6) is 0 Å². The first-order valence-corrected chi connectivity index (χ1v) is 9.09. The number of hydrogen-bond acceptors (Lipinski definition) is 4. The van der Waals surface area contributed by atoms with E-state index in [1.807, 2.05) is 6.07 Å². The van der Waals surface area contributed by atoms with Crippen molar-refractivity contribution in [1.82, 2.24) is 4.90 Å². The van der Waals surface area contributed by atoms with Crippen LogP contribution in [0.4, 0.5) is 4.39 Å². The Kier molecular flexibility index (Phi) is 5.18. The summed E-state index contributed by atoms with van der Waals surface area (Å²) >= 11 is 0. The first-order valence-electron chi connectivity index (χ1n) is 9.09. The summed E-state index contributed by atoms with van der Waals surface area (Å²) in [5, 5.41) is 8.03. The van der Waals surface area contributed by atoms with Gasteiger partial charge in [-0.25, -0.2) is 4.39 Å². The number of nitrogens with zero attached hydrogens (tertiary/aromatic N) is 4. The SMILES string of the molecule is C=[N+]1N=NC(c2ccccc2F)=C1COC1CCN(Cc2ccccc2)C1. The standard InChI is InChI=1S/C21H22FN4O/c1-25-20(21(23-24-25)18-9-5-6-10-19(18)22)15-27-17-11-12-26(14-17)13-16-7-3-2-4-8-16/h2-10,17H,1,11-15H2/q+1. The monoisotopic (exact) mass is 365 g/mol. The average Bonchev–Trinajstić information content (AvgIpc) is 3.28. The zero-order chi connectivity index (χ0) is 18.6. The van der Waals surface area contributed by atoms with Crippen LogP contribution in [0.15, 0.2) is 70.6 Å². The second-order valence-corrected chi connectivity index (χ2v) is 6.81. The van der Waals surface area contributed by atoms with Crippen LogP contribution in [0.2, 0.25) is 0 Å². The highest BCUT2D eigenvalue weighted by molar-refractivity contribution is 5.67. The van der Waals surface area contributed by atoms with Gasteiger partial charge in [-0.15, -0.1) is 4.68 Å². The van der Waals surface area contributed by atoms with Crippen molar-refractivity contribution in [2.45, 2.75) is 19.1 Å². The second kappa shape index (κ2) is 7.90. The zero-order valence-corrected chi connectivity index (χ0v) is 15.1. The number of halogens is 1. The van der Waals surface area contributed by atoms with E-state index in [4.69, 9.17) is 4.74 Å². The first kappa shape index (κ1) is 17.7. The molecule has 0 N–H and O–H groups in total. The average molecular weight is 365 g/mol. The Hall–Kier alpha value is -2.70. The highest BCUT2D eigenvalue weighted by atomic mass is 19.1. The second-order valence-electron chi connectivity index (χ2n) is 6.81. The van der Waals surface area contributed by atoms with Gasteiger partial charge < -0.3 is 4.74 Å². The molecule has 0 radical (unpaired) electrons. The minimum atomic E-state index is -0.325. The normalized spacial score (nSPS) is 20.0. The van der Waals surface area contributed by atoms with Crippen LogP contribution in [-0.2, 0) is 11.3 Å². The maximum absolute atomic E-state index is 14.1. The lowest BCUT2D eigenvalue weighted by Gasteiger charge is -2.16. The Morgan fingerprint density at radius 2 is 1.93 bits per heavy atom. The summed E-state index contributed by atoms with van der Waals surface area (Å²) in [7, 11) is 0. The van der Waals surface area contributed by atoms with E-state index >= 15 is 0 Å². The third-order valence-corrected chi connectivity index (χ3v) is 4.90. The molecule has 0 spiro atoms. The van der Waals surface area contributed by atoms with Crippen LogP contribution < -0.4 is 0 Å². The molecule has 0 bridgehead atoms. The van der Waals surface area contributed by atoms with Gasteiger partial charge in [-0.1, -0.05) is 42.5 Å². The molecule has 27 heavy (non-hydrogen) atoms. The molecule has 0 aromatic heterocycles. The molecule has 0 aliphatic carbocycles. The van der Waals surface area contributed by atoms with Gasteiger partial charge in [0.15, 0.2) is 0 Å². The van der Waals surface area contributed by atoms with E-state index in [-0.39, 0.29) is 11.9 Å². The molecule has 1 fully saturated rings. The molecule has 1 unspecified atom stereocenters. The van der Waals surface area contributed by atoms with Crippen molar-refractivity contribution in [2.75, 3.05) is 19.7 Å². The molecule has 1 saturated heterocycles. The summed E-state index contributed by atoms with van der Waals surface area (Å²) in [6, 6.07) is 17.0. The summed E-state index contributed by atoms with van der Waals surface area (Å²) in [5.41, 5.74) is 2.90. The molecule has 4 rings (SSSR count). The van der Waals surface area contributed by atoms with Crippen LogP contribution in [0.3, 0.4) is 0 Å². The predicted molar refractivity (Wildman–Crippen MR) is 102 cm³/mol. The first-order chi connectivity index (χ1) is 13.2. The number of likely N-dealkylation sites (tertiary alicyclic amines) is 1. The van der Waals surface area contributed by atoms with E-state index in [1.54, 1.807) is 18.2 Å². The predicted octanol–water partition coefficient (Wildman–Crippen LogP) is 3.88. The van der Waals surface area contributed by atoms with Gasteiger partial charge in [-0.3, -0.25) is 4.90 Å². The van der Waals surface area contributed by atoms with Crippen LogP contribution >= 0.6 is 0 Å². The summed E-state index contributed by atoms with van der Waals surface area (Å²) in [4.78, 5) is 2.39. The minimum Gasteiger partial charge on any atom is -0.368 e. The van der Waals surface area contributed by atoms with Crippen LogP contribution in [-0.4, -0.2) is 42.1 Å². The van der Waals surface area contributed by atoms with Crippen molar-refractivity contribution in [3.63, 3.8) is 0 Å². The quantitative estimate of drug-likeness (QED) is 0.729. The molecular formula is C21H22FN4O+. The topological polar surface area (TPSA) is 40.2 Å². The van der Waals surface area contributed by atoms with Gasteiger partial charge in [0.05, 0.1) is 23.5 Å². The largest absolute Gasteiger partial charge is 0.368 e. The van der Waals surface area contributed by atoms with E-state index in [0.29, 0.717) is 23.6 Å². The third kappa shape index (κ3) is 4.02. The molecule has 2 heterocycles. The van der Waals surface area contributed by atoms with E-state index in [2.05, 4.69) is 46.2 Å². The van der Waals surface area contributed by atoms with Crippen LogP contribution in [0.25, 0.3) is 5.70 Å². The molecule has 2 aliphatic rings. The Morgan fingerprint density at radius 3 is 2.74 bits per heavy atom. The maximum Gasteiger partial charge on any atom is 0.260 e. The molecule has 0 saturated carbocycles. The Balaban J connectivity index is 1.39. The molecule has 1 atom stereocenters.